The normalized spacial score (nSPS) is 14.8. The number of nitrogens with one attached hydrogen (secondary N) is 1. The van der Waals surface area contributed by atoms with E-state index in [2.05, 4.69) is 74.1 Å². The molecule has 1 aromatic carbocycles. The standard InChI is InChI=1S/C16H26BrN/c1-6-18-16(12(4)10-11(2)3)14-8-7-9-15(17)13(14)5/h7-9,11-12,16,18H,6,10H2,1-5H3. The van der Waals surface area contributed by atoms with Gasteiger partial charge in [-0.2, -0.15) is 0 Å². The lowest BCUT2D eigenvalue weighted by Crippen LogP contribution is -2.28. The van der Waals surface area contributed by atoms with Gasteiger partial charge >= 0.3 is 0 Å². The summed E-state index contributed by atoms with van der Waals surface area (Å²) in [4.78, 5) is 0. The molecule has 0 heterocycles. The Balaban J connectivity index is 3.00. The number of benzene rings is 1. The van der Waals surface area contributed by atoms with Crippen molar-refractivity contribution < 1.29 is 0 Å². The van der Waals surface area contributed by atoms with E-state index < -0.39 is 0 Å². The van der Waals surface area contributed by atoms with Crippen LogP contribution in [0.1, 0.15) is 51.3 Å². The molecule has 18 heavy (non-hydrogen) atoms. The molecule has 0 amide bonds. The second-order valence-corrected chi connectivity index (χ2v) is 6.45. The highest BCUT2D eigenvalue weighted by molar-refractivity contribution is 9.10. The summed E-state index contributed by atoms with van der Waals surface area (Å²) in [6.45, 7) is 12.3. The summed E-state index contributed by atoms with van der Waals surface area (Å²) < 4.78 is 1.21. The average molecular weight is 312 g/mol. The lowest BCUT2D eigenvalue weighted by Gasteiger charge is -2.28. The van der Waals surface area contributed by atoms with E-state index >= 15 is 0 Å². The molecule has 2 heteroatoms. The Bertz CT molecular complexity index is 373. The van der Waals surface area contributed by atoms with Crippen molar-refractivity contribution in [3.63, 3.8) is 0 Å². The third-order valence-electron chi connectivity index (χ3n) is 3.48. The Kier molecular flexibility index (Phi) is 6.37. The third kappa shape index (κ3) is 4.10. The quantitative estimate of drug-likeness (QED) is 0.771. The van der Waals surface area contributed by atoms with Gasteiger partial charge < -0.3 is 5.32 Å². The maximum atomic E-state index is 3.65. The Morgan fingerprint density at radius 1 is 1.22 bits per heavy atom. The van der Waals surface area contributed by atoms with E-state index in [9.17, 15) is 0 Å². The summed E-state index contributed by atoms with van der Waals surface area (Å²) in [7, 11) is 0. The van der Waals surface area contributed by atoms with Crippen LogP contribution in [-0.4, -0.2) is 6.54 Å². The highest BCUT2D eigenvalue weighted by atomic mass is 79.9. The van der Waals surface area contributed by atoms with E-state index in [1.54, 1.807) is 0 Å². The molecule has 1 N–H and O–H groups in total. The van der Waals surface area contributed by atoms with Crippen molar-refractivity contribution in [2.45, 2.75) is 47.1 Å². The zero-order valence-electron chi connectivity index (χ0n) is 12.3. The molecule has 0 radical (unpaired) electrons. The predicted molar refractivity (Wildman–Crippen MR) is 83.9 cm³/mol. The molecule has 2 atom stereocenters. The molecule has 1 aromatic rings. The second kappa shape index (κ2) is 7.30. The number of hydrogen-bond acceptors (Lipinski definition) is 1. The van der Waals surface area contributed by atoms with Crippen molar-refractivity contribution in [2.75, 3.05) is 6.54 Å². The van der Waals surface area contributed by atoms with Crippen molar-refractivity contribution >= 4 is 15.9 Å². The van der Waals surface area contributed by atoms with Crippen LogP contribution in [0.2, 0.25) is 0 Å². The Morgan fingerprint density at radius 2 is 1.89 bits per heavy atom. The van der Waals surface area contributed by atoms with Crippen LogP contribution in [0.3, 0.4) is 0 Å². The van der Waals surface area contributed by atoms with Gasteiger partial charge in [0, 0.05) is 10.5 Å². The van der Waals surface area contributed by atoms with Crippen LogP contribution in [0.25, 0.3) is 0 Å². The summed E-state index contributed by atoms with van der Waals surface area (Å²) in [5.41, 5.74) is 2.79. The molecule has 0 spiro atoms. The maximum absolute atomic E-state index is 3.65. The predicted octanol–water partition coefficient (Wildman–Crippen LogP) is 5.09. The van der Waals surface area contributed by atoms with Crippen molar-refractivity contribution in [3.8, 4) is 0 Å². The molecule has 0 aromatic heterocycles. The highest BCUT2D eigenvalue weighted by Gasteiger charge is 2.21. The summed E-state index contributed by atoms with van der Waals surface area (Å²) in [6.07, 6.45) is 1.25. The first-order chi connectivity index (χ1) is 8.47. The van der Waals surface area contributed by atoms with E-state index in [-0.39, 0.29) is 0 Å². The number of rotatable bonds is 6. The first-order valence-electron chi connectivity index (χ1n) is 6.95. The van der Waals surface area contributed by atoms with Gasteiger partial charge in [-0.05, 0) is 48.9 Å². The van der Waals surface area contributed by atoms with Crippen molar-refractivity contribution in [2.24, 2.45) is 11.8 Å². The van der Waals surface area contributed by atoms with Crippen molar-refractivity contribution in [1.29, 1.82) is 0 Å². The third-order valence-corrected chi connectivity index (χ3v) is 4.34. The SMILES string of the molecule is CCNC(c1cccc(Br)c1C)C(C)CC(C)C. The number of hydrogen-bond donors (Lipinski definition) is 1. The lowest BCUT2D eigenvalue weighted by atomic mass is 9.86. The minimum atomic E-state index is 0.454. The summed E-state index contributed by atoms with van der Waals surface area (Å²) in [6, 6.07) is 6.97. The lowest BCUT2D eigenvalue weighted by molar-refractivity contribution is 0.332. The van der Waals surface area contributed by atoms with Crippen LogP contribution in [0.15, 0.2) is 22.7 Å². The van der Waals surface area contributed by atoms with Crippen molar-refractivity contribution in [1.82, 2.24) is 5.32 Å². The zero-order valence-corrected chi connectivity index (χ0v) is 13.8. The fourth-order valence-corrected chi connectivity index (χ4v) is 3.06. The smallest absolute Gasteiger partial charge is 0.0349 e. The van der Waals surface area contributed by atoms with E-state index in [0.717, 1.165) is 12.5 Å². The first-order valence-corrected chi connectivity index (χ1v) is 7.75. The Morgan fingerprint density at radius 3 is 2.44 bits per heavy atom. The maximum Gasteiger partial charge on any atom is 0.0349 e. The molecule has 1 nitrogen and oxygen atoms in total. The van der Waals surface area contributed by atoms with Gasteiger partial charge in [0.1, 0.15) is 0 Å². The highest BCUT2D eigenvalue weighted by Crippen LogP contribution is 2.31. The zero-order chi connectivity index (χ0) is 13.7. The van der Waals surface area contributed by atoms with Crippen LogP contribution in [0.5, 0.6) is 0 Å². The molecule has 102 valence electrons. The molecule has 0 saturated carbocycles. The van der Waals surface area contributed by atoms with Crippen LogP contribution in [0.4, 0.5) is 0 Å². The number of halogens is 1. The monoisotopic (exact) mass is 311 g/mol. The first kappa shape index (κ1) is 15.7. The molecular formula is C16H26BrN. The molecule has 0 saturated heterocycles. The van der Waals surface area contributed by atoms with Gasteiger partial charge in [0.25, 0.3) is 0 Å². The van der Waals surface area contributed by atoms with Crippen LogP contribution >= 0.6 is 15.9 Å². The summed E-state index contributed by atoms with van der Waals surface area (Å²) in [5, 5.41) is 3.65. The largest absolute Gasteiger partial charge is 0.310 e. The summed E-state index contributed by atoms with van der Waals surface area (Å²) in [5.74, 6) is 1.39. The van der Waals surface area contributed by atoms with Gasteiger partial charge in [-0.15, -0.1) is 0 Å². The van der Waals surface area contributed by atoms with Crippen LogP contribution in [-0.2, 0) is 0 Å². The van der Waals surface area contributed by atoms with E-state index in [1.807, 2.05) is 0 Å². The second-order valence-electron chi connectivity index (χ2n) is 5.60. The van der Waals surface area contributed by atoms with Gasteiger partial charge in [0.15, 0.2) is 0 Å². The van der Waals surface area contributed by atoms with E-state index in [1.165, 1.54) is 22.0 Å². The molecule has 0 aliphatic heterocycles. The fraction of sp³-hybridized carbons (Fsp3) is 0.625. The van der Waals surface area contributed by atoms with Gasteiger partial charge in [-0.1, -0.05) is 55.8 Å². The van der Waals surface area contributed by atoms with E-state index in [4.69, 9.17) is 0 Å². The van der Waals surface area contributed by atoms with Gasteiger partial charge in [-0.3, -0.25) is 0 Å². The van der Waals surface area contributed by atoms with Crippen molar-refractivity contribution in [3.05, 3.63) is 33.8 Å². The fourth-order valence-electron chi connectivity index (χ4n) is 2.68. The molecule has 0 aliphatic rings. The molecule has 0 fully saturated rings. The average Bonchev–Trinajstić information content (AvgIpc) is 2.29. The molecule has 2 unspecified atom stereocenters. The minimum absolute atomic E-state index is 0.454. The van der Waals surface area contributed by atoms with Crippen LogP contribution < -0.4 is 5.32 Å². The summed E-state index contributed by atoms with van der Waals surface area (Å²) >= 11 is 3.64. The minimum Gasteiger partial charge on any atom is -0.310 e. The van der Waals surface area contributed by atoms with Gasteiger partial charge in [-0.25, -0.2) is 0 Å². The molecular weight excluding hydrogens is 286 g/mol. The topological polar surface area (TPSA) is 12.0 Å². The van der Waals surface area contributed by atoms with Gasteiger partial charge in [0.2, 0.25) is 0 Å². The van der Waals surface area contributed by atoms with E-state index in [0.29, 0.717) is 12.0 Å². The Hall–Kier alpha value is -0.340. The Labute approximate surface area is 120 Å². The van der Waals surface area contributed by atoms with Crippen LogP contribution in [0, 0.1) is 18.8 Å². The molecule has 0 aliphatic carbocycles. The molecule has 1 rings (SSSR count). The molecule has 0 bridgehead atoms. The van der Waals surface area contributed by atoms with Gasteiger partial charge in [0.05, 0.1) is 0 Å².